The molecule has 1 heterocycles. The molecule has 5 nitrogen and oxygen atoms in total. The van der Waals surface area contributed by atoms with E-state index in [2.05, 4.69) is 5.32 Å². The Labute approximate surface area is 145 Å². The molecule has 1 aliphatic rings. The van der Waals surface area contributed by atoms with Crippen LogP contribution in [0.5, 0.6) is 5.75 Å². The van der Waals surface area contributed by atoms with Gasteiger partial charge in [-0.15, -0.1) is 0 Å². The van der Waals surface area contributed by atoms with Gasteiger partial charge in [-0.3, -0.25) is 9.59 Å². The highest BCUT2D eigenvalue weighted by Crippen LogP contribution is 2.31. The van der Waals surface area contributed by atoms with Crippen LogP contribution < -0.4 is 15.0 Å². The van der Waals surface area contributed by atoms with E-state index in [0.717, 1.165) is 0 Å². The Hall–Kier alpha value is -2.53. The Bertz CT molecular complexity index is 761. The number of carbonyl (C=O) groups excluding carboxylic acids is 2. The summed E-state index contributed by atoms with van der Waals surface area (Å²) < 4.78 is 5.09. The largest absolute Gasteiger partial charge is 0.497 e. The van der Waals surface area contributed by atoms with Crippen LogP contribution in [0.1, 0.15) is 6.42 Å². The van der Waals surface area contributed by atoms with Crippen molar-refractivity contribution in [2.45, 2.75) is 6.42 Å². The standard InChI is InChI=1S/C18H17ClN2O3/c1-24-14-8-6-13(7-9-14)20-18(23)12-10-17(22)21(11-12)16-5-3-2-4-15(16)19/h2-9,12H,10-11H2,1H3,(H,20,23)/t12-/m0/s1. The highest BCUT2D eigenvalue weighted by Gasteiger charge is 2.35. The van der Waals surface area contributed by atoms with Gasteiger partial charge < -0.3 is 15.0 Å². The molecule has 2 amide bonds. The van der Waals surface area contributed by atoms with Gasteiger partial charge >= 0.3 is 0 Å². The molecule has 1 fully saturated rings. The van der Waals surface area contributed by atoms with Crippen LogP contribution >= 0.6 is 11.6 Å². The van der Waals surface area contributed by atoms with Gasteiger partial charge in [-0.25, -0.2) is 0 Å². The third kappa shape index (κ3) is 3.36. The number of benzene rings is 2. The first kappa shape index (κ1) is 16.3. The molecule has 0 spiro atoms. The maximum absolute atomic E-state index is 12.4. The van der Waals surface area contributed by atoms with Crippen LogP contribution in [-0.2, 0) is 9.59 Å². The minimum atomic E-state index is -0.407. The van der Waals surface area contributed by atoms with Crippen molar-refractivity contribution < 1.29 is 14.3 Å². The fourth-order valence-corrected chi connectivity index (χ4v) is 2.94. The van der Waals surface area contributed by atoms with Crippen LogP contribution in [0.4, 0.5) is 11.4 Å². The molecule has 0 unspecified atom stereocenters. The smallest absolute Gasteiger partial charge is 0.229 e. The molecule has 24 heavy (non-hydrogen) atoms. The second-order valence-electron chi connectivity index (χ2n) is 5.57. The Morgan fingerprint density at radius 3 is 2.58 bits per heavy atom. The third-order valence-corrected chi connectivity index (χ3v) is 4.32. The summed E-state index contributed by atoms with van der Waals surface area (Å²) in [5.41, 5.74) is 1.31. The zero-order chi connectivity index (χ0) is 17.1. The van der Waals surface area contributed by atoms with Crippen LogP contribution in [-0.4, -0.2) is 25.5 Å². The number of nitrogens with one attached hydrogen (secondary N) is 1. The molecule has 0 bridgehead atoms. The second kappa shape index (κ2) is 6.93. The average Bonchev–Trinajstić information content (AvgIpc) is 2.98. The van der Waals surface area contributed by atoms with Crippen LogP contribution in [0.25, 0.3) is 0 Å². The topological polar surface area (TPSA) is 58.6 Å². The summed E-state index contributed by atoms with van der Waals surface area (Å²) in [5.74, 6) is 0.0332. The molecular formula is C18H17ClN2O3. The van der Waals surface area contributed by atoms with Crippen LogP contribution in [0.15, 0.2) is 48.5 Å². The summed E-state index contributed by atoms with van der Waals surface area (Å²) in [6.45, 7) is 0.324. The van der Waals surface area contributed by atoms with E-state index >= 15 is 0 Å². The fourth-order valence-electron chi connectivity index (χ4n) is 2.71. The van der Waals surface area contributed by atoms with E-state index in [4.69, 9.17) is 16.3 Å². The molecule has 2 aromatic rings. The molecule has 124 valence electrons. The van der Waals surface area contributed by atoms with E-state index in [1.807, 2.05) is 6.07 Å². The number of ether oxygens (including phenoxy) is 1. The first-order valence-corrected chi connectivity index (χ1v) is 7.96. The lowest BCUT2D eigenvalue weighted by atomic mass is 10.1. The van der Waals surface area contributed by atoms with Crippen LogP contribution in [0.2, 0.25) is 5.02 Å². The minimum absolute atomic E-state index is 0.0991. The number of anilines is 2. The average molecular weight is 345 g/mol. The number of amides is 2. The number of hydrogen-bond acceptors (Lipinski definition) is 3. The van der Waals surface area contributed by atoms with Crippen LogP contribution in [0.3, 0.4) is 0 Å². The van der Waals surface area contributed by atoms with E-state index in [0.29, 0.717) is 28.7 Å². The highest BCUT2D eigenvalue weighted by atomic mass is 35.5. The van der Waals surface area contributed by atoms with Gasteiger partial charge in [0.1, 0.15) is 5.75 Å². The molecule has 0 saturated carbocycles. The first-order valence-electron chi connectivity index (χ1n) is 7.58. The molecule has 3 rings (SSSR count). The predicted molar refractivity (Wildman–Crippen MR) is 93.5 cm³/mol. The Balaban J connectivity index is 1.68. The molecule has 0 aromatic heterocycles. The maximum Gasteiger partial charge on any atom is 0.229 e. The second-order valence-corrected chi connectivity index (χ2v) is 5.98. The predicted octanol–water partition coefficient (Wildman–Crippen LogP) is 3.34. The van der Waals surface area contributed by atoms with E-state index in [-0.39, 0.29) is 18.2 Å². The van der Waals surface area contributed by atoms with E-state index in [1.54, 1.807) is 54.5 Å². The molecule has 0 aliphatic carbocycles. The van der Waals surface area contributed by atoms with Gasteiger partial charge in [-0.05, 0) is 36.4 Å². The van der Waals surface area contributed by atoms with Crippen molar-refractivity contribution in [3.8, 4) is 5.75 Å². The lowest BCUT2D eigenvalue weighted by Crippen LogP contribution is -2.28. The Morgan fingerprint density at radius 1 is 1.21 bits per heavy atom. The van der Waals surface area contributed by atoms with Crippen molar-refractivity contribution in [2.75, 3.05) is 23.9 Å². The quantitative estimate of drug-likeness (QED) is 0.925. The number of methoxy groups -OCH3 is 1. The number of halogens is 1. The molecule has 6 heteroatoms. The van der Waals surface area contributed by atoms with Crippen molar-refractivity contribution in [3.05, 3.63) is 53.6 Å². The Kier molecular flexibility index (Phi) is 4.71. The summed E-state index contributed by atoms with van der Waals surface area (Å²) >= 11 is 6.15. The molecular weight excluding hydrogens is 328 g/mol. The van der Waals surface area contributed by atoms with Crippen molar-refractivity contribution in [1.29, 1.82) is 0 Å². The molecule has 1 aliphatic heterocycles. The van der Waals surface area contributed by atoms with E-state index < -0.39 is 5.92 Å². The van der Waals surface area contributed by atoms with E-state index in [1.165, 1.54) is 0 Å². The van der Waals surface area contributed by atoms with Gasteiger partial charge in [0.25, 0.3) is 0 Å². The molecule has 1 N–H and O–H groups in total. The van der Waals surface area contributed by atoms with Gasteiger partial charge in [0.2, 0.25) is 11.8 Å². The first-order chi connectivity index (χ1) is 11.6. The van der Waals surface area contributed by atoms with Gasteiger partial charge in [0.15, 0.2) is 0 Å². The summed E-state index contributed by atoms with van der Waals surface area (Å²) in [6.07, 6.45) is 0.174. The lowest BCUT2D eigenvalue weighted by Gasteiger charge is -2.18. The van der Waals surface area contributed by atoms with Crippen molar-refractivity contribution in [1.82, 2.24) is 0 Å². The molecule has 1 saturated heterocycles. The zero-order valence-corrected chi connectivity index (χ0v) is 13.9. The summed E-state index contributed by atoms with van der Waals surface area (Å²) in [6, 6.07) is 14.2. The molecule has 1 atom stereocenters. The maximum atomic E-state index is 12.4. The van der Waals surface area contributed by atoms with Gasteiger partial charge in [0.05, 0.1) is 23.7 Å². The van der Waals surface area contributed by atoms with Crippen molar-refractivity contribution in [3.63, 3.8) is 0 Å². The number of nitrogens with zero attached hydrogens (tertiary/aromatic N) is 1. The number of carbonyl (C=O) groups is 2. The summed E-state index contributed by atoms with van der Waals surface area (Å²) in [5, 5.41) is 3.34. The third-order valence-electron chi connectivity index (χ3n) is 4.00. The summed E-state index contributed by atoms with van der Waals surface area (Å²) in [4.78, 5) is 26.2. The number of rotatable bonds is 4. The summed E-state index contributed by atoms with van der Waals surface area (Å²) in [7, 11) is 1.58. The monoisotopic (exact) mass is 344 g/mol. The van der Waals surface area contributed by atoms with Gasteiger partial charge in [-0.1, -0.05) is 23.7 Å². The minimum Gasteiger partial charge on any atom is -0.497 e. The highest BCUT2D eigenvalue weighted by molar-refractivity contribution is 6.33. The fraction of sp³-hybridized carbons (Fsp3) is 0.222. The number of hydrogen-bond donors (Lipinski definition) is 1. The molecule has 2 aromatic carbocycles. The lowest BCUT2D eigenvalue weighted by molar-refractivity contribution is -0.122. The van der Waals surface area contributed by atoms with Crippen LogP contribution in [0, 0.1) is 5.92 Å². The Morgan fingerprint density at radius 2 is 1.92 bits per heavy atom. The van der Waals surface area contributed by atoms with Crippen molar-refractivity contribution >= 4 is 34.8 Å². The van der Waals surface area contributed by atoms with Crippen molar-refractivity contribution in [2.24, 2.45) is 5.92 Å². The number of para-hydroxylation sites is 1. The van der Waals surface area contributed by atoms with E-state index in [9.17, 15) is 9.59 Å². The molecule has 0 radical (unpaired) electrons. The SMILES string of the molecule is COc1ccc(NC(=O)[C@H]2CC(=O)N(c3ccccc3Cl)C2)cc1. The normalized spacial score (nSPS) is 17.0. The van der Waals surface area contributed by atoms with Gasteiger partial charge in [-0.2, -0.15) is 0 Å². The zero-order valence-electron chi connectivity index (χ0n) is 13.2. The van der Waals surface area contributed by atoms with Gasteiger partial charge in [0, 0.05) is 18.7 Å².